The minimum atomic E-state index is -0.283. The Morgan fingerprint density at radius 3 is 2.61 bits per heavy atom. The fraction of sp³-hybridized carbons (Fsp3) is 0.0833. The first-order valence-corrected chi connectivity index (χ1v) is 10.9. The number of rotatable bonds is 5. The molecule has 0 unspecified atom stereocenters. The van der Waals surface area contributed by atoms with E-state index < -0.39 is 0 Å². The molecule has 33 heavy (non-hydrogen) atoms. The molecule has 1 amide bonds. The van der Waals surface area contributed by atoms with E-state index >= 15 is 0 Å². The highest BCUT2D eigenvalue weighted by atomic mass is 32.1. The Labute approximate surface area is 192 Å². The Bertz CT molecular complexity index is 1460. The number of anilines is 1. The van der Waals surface area contributed by atoms with Crippen molar-refractivity contribution in [3.05, 3.63) is 88.9 Å². The predicted molar refractivity (Wildman–Crippen MR) is 125 cm³/mol. The van der Waals surface area contributed by atoms with Crippen LogP contribution in [0, 0.1) is 12.7 Å². The van der Waals surface area contributed by atoms with Crippen LogP contribution in [-0.4, -0.2) is 30.8 Å². The summed E-state index contributed by atoms with van der Waals surface area (Å²) in [6.45, 7) is 2.38. The normalized spacial score (nSPS) is 11.1. The number of hydrogen-bond acceptors (Lipinski definition) is 6. The molecule has 0 bridgehead atoms. The van der Waals surface area contributed by atoms with Gasteiger partial charge in [0, 0.05) is 10.9 Å². The van der Waals surface area contributed by atoms with Gasteiger partial charge < -0.3 is 10.4 Å². The Morgan fingerprint density at radius 1 is 1.12 bits per heavy atom. The fourth-order valence-electron chi connectivity index (χ4n) is 3.47. The van der Waals surface area contributed by atoms with Gasteiger partial charge in [0.2, 0.25) is 0 Å². The lowest BCUT2D eigenvalue weighted by Gasteiger charge is -2.05. The van der Waals surface area contributed by atoms with Crippen LogP contribution in [0.4, 0.5) is 10.1 Å². The molecule has 5 rings (SSSR count). The molecule has 0 aliphatic heterocycles. The number of hydrogen-bond donors (Lipinski definition) is 2. The molecule has 9 heteroatoms. The summed E-state index contributed by atoms with van der Waals surface area (Å²) in [5, 5.41) is 17.9. The minimum Gasteiger partial charge on any atom is -0.508 e. The lowest BCUT2D eigenvalue weighted by Crippen LogP contribution is -2.11. The first kappa shape index (κ1) is 20.8. The number of phenols is 1. The van der Waals surface area contributed by atoms with Crippen molar-refractivity contribution >= 4 is 33.1 Å². The summed E-state index contributed by atoms with van der Waals surface area (Å²) in [6.07, 6.45) is 3.05. The van der Waals surface area contributed by atoms with Crippen LogP contribution < -0.4 is 5.32 Å². The molecule has 0 saturated carbocycles. The second-order valence-corrected chi connectivity index (χ2v) is 8.53. The Hall–Kier alpha value is -4.11. The molecule has 3 aromatic heterocycles. The molecule has 2 aromatic carbocycles. The Kier molecular flexibility index (Phi) is 5.31. The number of nitrogens with zero attached hydrogens (tertiary/aromatic N) is 4. The van der Waals surface area contributed by atoms with Gasteiger partial charge in [-0.25, -0.2) is 14.4 Å². The van der Waals surface area contributed by atoms with E-state index in [-0.39, 0.29) is 17.5 Å². The molecular formula is C24H18FN5O2S. The molecular weight excluding hydrogens is 441 g/mol. The van der Waals surface area contributed by atoms with Crippen LogP contribution in [0.2, 0.25) is 0 Å². The number of nitrogens with one attached hydrogen (secondary N) is 1. The second-order valence-electron chi connectivity index (χ2n) is 7.50. The Morgan fingerprint density at radius 2 is 1.88 bits per heavy atom. The van der Waals surface area contributed by atoms with E-state index in [0.29, 0.717) is 28.5 Å². The average molecular weight is 460 g/mol. The summed E-state index contributed by atoms with van der Waals surface area (Å²) in [5.41, 5.74) is 2.88. The van der Waals surface area contributed by atoms with Gasteiger partial charge in [-0.1, -0.05) is 24.3 Å². The number of thiophene rings is 1. The third-order valence-electron chi connectivity index (χ3n) is 5.09. The van der Waals surface area contributed by atoms with Crippen molar-refractivity contribution in [2.24, 2.45) is 0 Å². The van der Waals surface area contributed by atoms with Crippen LogP contribution in [0.25, 0.3) is 21.6 Å². The zero-order valence-corrected chi connectivity index (χ0v) is 18.3. The molecule has 0 fully saturated rings. The van der Waals surface area contributed by atoms with Gasteiger partial charge in [-0.15, -0.1) is 11.3 Å². The van der Waals surface area contributed by atoms with Crippen LogP contribution >= 0.6 is 11.3 Å². The van der Waals surface area contributed by atoms with Gasteiger partial charge in [-0.05, 0) is 42.8 Å². The summed E-state index contributed by atoms with van der Waals surface area (Å²) in [7, 11) is 0. The van der Waals surface area contributed by atoms with Crippen LogP contribution in [-0.2, 0) is 6.54 Å². The molecule has 0 atom stereocenters. The minimum absolute atomic E-state index is 0.131. The highest BCUT2D eigenvalue weighted by Gasteiger charge is 2.17. The first-order chi connectivity index (χ1) is 16.0. The average Bonchev–Trinajstić information content (AvgIpc) is 3.37. The molecule has 0 aliphatic rings. The number of carbonyl (C=O) groups is 1. The molecule has 0 aliphatic carbocycles. The van der Waals surface area contributed by atoms with Gasteiger partial charge in [-0.3, -0.25) is 9.48 Å². The smallest absolute Gasteiger partial charge is 0.265 e. The van der Waals surface area contributed by atoms with Crippen LogP contribution in [0.1, 0.15) is 20.9 Å². The third kappa shape index (κ3) is 4.31. The fourth-order valence-corrected chi connectivity index (χ4v) is 4.53. The number of aromatic hydroxyl groups is 1. The van der Waals surface area contributed by atoms with Crippen LogP contribution in [0.5, 0.6) is 5.75 Å². The van der Waals surface area contributed by atoms with Gasteiger partial charge in [0.25, 0.3) is 5.91 Å². The topological polar surface area (TPSA) is 92.9 Å². The van der Waals surface area contributed by atoms with E-state index in [9.17, 15) is 14.3 Å². The molecule has 7 nitrogen and oxygen atoms in total. The van der Waals surface area contributed by atoms with Gasteiger partial charge >= 0.3 is 0 Å². The van der Waals surface area contributed by atoms with E-state index in [0.717, 1.165) is 21.5 Å². The summed E-state index contributed by atoms with van der Waals surface area (Å²) in [5.74, 6) is 0.0287. The number of carbonyl (C=O) groups excluding carboxylic acids is 1. The molecule has 164 valence electrons. The van der Waals surface area contributed by atoms with Gasteiger partial charge in [0.05, 0.1) is 35.2 Å². The number of phenolic OH excluding ortho intramolecular Hbond substituents is 1. The quantitative estimate of drug-likeness (QED) is 0.385. The zero-order chi connectivity index (χ0) is 22.9. The lowest BCUT2D eigenvalue weighted by molar-refractivity contribution is 0.103. The molecule has 3 heterocycles. The van der Waals surface area contributed by atoms with Crippen molar-refractivity contribution in [2.75, 3.05) is 5.32 Å². The van der Waals surface area contributed by atoms with Gasteiger partial charge in [-0.2, -0.15) is 5.10 Å². The maximum absolute atomic E-state index is 13.2. The number of aryl methyl sites for hydroxylation is 1. The summed E-state index contributed by atoms with van der Waals surface area (Å²) >= 11 is 1.34. The van der Waals surface area contributed by atoms with Gasteiger partial charge in [0.1, 0.15) is 16.4 Å². The van der Waals surface area contributed by atoms with Crippen LogP contribution in [0.15, 0.2) is 67.0 Å². The number of fused-ring (bicyclic) bond motifs is 1. The number of amides is 1. The lowest BCUT2D eigenvalue weighted by atomic mass is 10.2. The van der Waals surface area contributed by atoms with Crippen molar-refractivity contribution in [2.45, 2.75) is 13.5 Å². The van der Waals surface area contributed by atoms with E-state index in [2.05, 4.69) is 20.4 Å². The number of benzene rings is 2. The van der Waals surface area contributed by atoms with Crippen molar-refractivity contribution < 1.29 is 14.3 Å². The maximum atomic E-state index is 13.2. The predicted octanol–water partition coefficient (Wildman–Crippen LogP) is 5.01. The zero-order valence-electron chi connectivity index (χ0n) is 17.5. The van der Waals surface area contributed by atoms with E-state index in [1.54, 1.807) is 36.4 Å². The molecule has 5 aromatic rings. The SMILES string of the molecule is Cc1nn(Cc2ccc(F)cc2)c2sc(C(=O)Nc3cnc(-c4cccc(O)c4)nc3)cc12. The monoisotopic (exact) mass is 459 g/mol. The van der Waals surface area contributed by atoms with Crippen molar-refractivity contribution in [3.63, 3.8) is 0 Å². The van der Waals surface area contributed by atoms with Gasteiger partial charge in [0.15, 0.2) is 5.82 Å². The second kappa shape index (κ2) is 8.44. The summed E-state index contributed by atoms with van der Waals surface area (Å²) < 4.78 is 15.0. The first-order valence-electron chi connectivity index (χ1n) is 10.1. The molecule has 0 saturated heterocycles. The largest absolute Gasteiger partial charge is 0.508 e. The standard InChI is InChI=1S/C24H18FN5O2S/c1-14-20-10-21(33-24(20)30(29-14)13-15-5-7-17(25)8-6-15)23(32)28-18-11-26-22(27-12-18)16-3-2-4-19(31)9-16/h2-12,31H,13H2,1H3,(H,28,32). The van der Waals surface area contributed by atoms with Crippen molar-refractivity contribution in [3.8, 4) is 17.1 Å². The molecule has 0 spiro atoms. The summed E-state index contributed by atoms with van der Waals surface area (Å²) in [4.78, 5) is 22.8. The highest BCUT2D eigenvalue weighted by Crippen LogP contribution is 2.29. The maximum Gasteiger partial charge on any atom is 0.265 e. The van der Waals surface area contributed by atoms with E-state index in [1.165, 1.54) is 35.9 Å². The highest BCUT2D eigenvalue weighted by molar-refractivity contribution is 7.20. The third-order valence-corrected chi connectivity index (χ3v) is 6.24. The number of halogens is 1. The molecule has 0 radical (unpaired) electrons. The number of aromatic nitrogens is 4. The van der Waals surface area contributed by atoms with Crippen LogP contribution in [0.3, 0.4) is 0 Å². The Balaban J connectivity index is 1.35. The van der Waals surface area contributed by atoms with E-state index in [1.807, 2.05) is 17.7 Å². The van der Waals surface area contributed by atoms with Crippen molar-refractivity contribution in [1.82, 2.24) is 19.7 Å². The summed E-state index contributed by atoms with van der Waals surface area (Å²) in [6, 6.07) is 14.8. The van der Waals surface area contributed by atoms with E-state index in [4.69, 9.17) is 0 Å². The van der Waals surface area contributed by atoms with Crippen molar-refractivity contribution in [1.29, 1.82) is 0 Å². The molecule has 2 N–H and O–H groups in total.